The van der Waals surface area contributed by atoms with E-state index in [0.29, 0.717) is 0 Å². The van der Waals surface area contributed by atoms with Gasteiger partial charge in [-0.15, -0.1) is 12.8 Å². The number of hydrogen-bond acceptors (Lipinski definition) is 0. The van der Waals surface area contributed by atoms with Crippen molar-refractivity contribution in [1.82, 2.24) is 0 Å². The summed E-state index contributed by atoms with van der Waals surface area (Å²) in [5.41, 5.74) is 2.82. The molecule has 0 aromatic rings. The predicted molar refractivity (Wildman–Crippen MR) is 89.2 cm³/mol. The van der Waals surface area contributed by atoms with Crippen LogP contribution >= 0.6 is 0 Å². The summed E-state index contributed by atoms with van der Waals surface area (Å²) >= 11 is 0. The zero-order valence-corrected chi connectivity index (χ0v) is 18.9. The fourth-order valence-corrected chi connectivity index (χ4v) is 2.13. The molecule has 0 heterocycles. The molecule has 0 fully saturated rings. The van der Waals surface area contributed by atoms with Crippen LogP contribution in [0.15, 0.2) is 35.5 Å². The van der Waals surface area contributed by atoms with Crippen LogP contribution in [0.4, 0.5) is 0 Å². The molecule has 0 spiro atoms. The van der Waals surface area contributed by atoms with Crippen molar-refractivity contribution >= 4 is 0 Å². The largest absolute Gasteiger partial charge is 4.00 e. The molecule has 0 bridgehead atoms. The van der Waals surface area contributed by atoms with Crippen LogP contribution in [-0.2, 0) is 26.2 Å². The van der Waals surface area contributed by atoms with E-state index in [1.807, 2.05) is 0 Å². The molecule has 0 aliphatic heterocycles. The first-order valence-electron chi connectivity index (χ1n) is 8.10. The SMILES string of the molecule is CC(C)CCC1=[C-]CC=C1.CC(C)CCC1=[C-]CC=C1.[Cl-].[Cl-].[Zr+4]. The molecule has 3 heteroatoms. The van der Waals surface area contributed by atoms with E-state index in [-0.39, 0.29) is 51.0 Å². The Bertz CT molecular complexity index is 352. The molecule has 0 saturated heterocycles. The monoisotopic (exact) mass is 430 g/mol. The molecule has 0 nitrogen and oxygen atoms in total. The maximum Gasteiger partial charge on any atom is 4.00 e. The van der Waals surface area contributed by atoms with Crippen molar-refractivity contribution in [3.8, 4) is 0 Å². The Kier molecular flexibility index (Phi) is 21.2. The Morgan fingerprint density at radius 1 is 0.783 bits per heavy atom. The molecule has 0 aromatic carbocycles. The van der Waals surface area contributed by atoms with Gasteiger partial charge in [-0.3, -0.25) is 12.2 Å². The summed E-state index contributed by atoms with van der Waals surface area (Å²) in [5, 5.41) is 0. The summed E-state index contributed by atoms with van der Waals surface area (Å²) < 4.78 is 0. The van der Waals surface area contributed by atoms with Crippen LogP contribution < -0.4 is 24.8 Å². The third-order valence-electron chi connectivity index (χ3n) is 3.51. The standard InChI is InChI=1S/2C10H15.2ClH.Zr/c2*1-9(2)7-8-10-5-3-4-6-10;;;/h2*3,5,9H,4,7-8H2,1-2H3;2*1H;/q2*-1;;;+4/p-2. The van der Waals surface area contributed by atoms with E-state index in [0.717, 1.165) is 24.7 Å². The zero-order valence-electron chi connectivity index (χ0n) is 15.0. The molecule has 0 saturated carbocycles. The molecule has 0 unspecified atom stereocenters. The maximum absolute atomic E-state index is 3.32. The Labute approximate surface area is 175 Å². The van der Waals surface area contributed by atoms with Gasteiger partial charge in [-0.05, 0) is 24.7 Å². The molecule has 0 aromatic heterocycles. The van der Waals surface area contributed by atoms with Crippen LogP contribution in [0.1, 0.15) is 66.2 Å². The summed E-state index contributed by atoms with van der Waals surface area (Å²) in [5.74, 6) is 1.64. The first kappa shape index (κ1) is 28.2. The van der Waals surface area contributed by atoms with Gasteiger partial charge >= 0.3 is 26.2 Å². The third-order valence-corrected chi connectivity index (χ3v) is 3.51. The van der Waals surface area contributed by atoms with Crippen molar-refractivity contribution in [3.63, 3.8) is 0 Å². The molecule has 0 amide bonds. The molecule has 2 aliphatic carbocycles. The third kappa shape index (κ3) is 15.7. The van der Waals surface area contributed by atoms with Gasteiger partial charge in [-0.1, -0.05) is 40.5 Å². The average molecular weight is 433 g/mol. The fourth-order valence-electron chi connectivity index (χ4n) is 2.13. The summed E-state index contributed by atoms with van der Waals surface area (Å²) in [6.07, 6.45) is 22.5. The second kappa shape index (κ2) is 17.3. The Hall–Kier alpha value is 0.423. The van der Waals surface area contributed by atoms with Gasteiger partial charge in [0.05, 0.1) is 0 Å². The van der Waals surface area contributed by atoms with Gasteiger partial charge < -0.3 is 24.8 Å². The molecule has 23 heavy (non-hydrogen) atoms. The van der Waals surface area contributed by atoms with Crippen molar-refractivity contribution < 1.29 is 51.0 Å². The van der Waals surface area contributed by atoms with Crippen LogP contribution in [-0.4, -0.2) is 0 Å². The van der Waals surface area contributed by atoms with E-state index < -0.39 is 0 Å². The minimum absolute atomic E-state index is 0. The molecule has 0 radical (unpaired) electrons. The number of halogens is 2. The zero-order chi connectivity index (χ0) is 14.8. The Morgan fingerprint density at radius 3 is 1.35 bits per heavy atom. The van der Waals surface area contributed by atoms with E-state index >= 15 is 0 Å². The van der Waals surface area contributed by atoms with E-state index in [9.17, 15) is 0 Å². The topological polar surface area (TPSA) is 0 Å². The fraction of sp³-hybridized carbons (Fsp3) is 0.600. The Balaban J connectivity index is -0.000000308. The van der Waals surface area contributed by atoms with E-state index in [1.54, 1.807) is 0 Å². The molecule has 128 valence electrons. The van der Waals surface area contributed by atoms with Crippen molar-refractivity contribution in [1.29, 1.82) is 0 Å². The quantitative estimate of drug-likeness (QED) is 0.528. The minimum atomic E-state index is 0. The molecule has 0 atom stereocenters. The summed E-state index contributed by atoms with van der Waals surface area (Å²) in [6, 6.07) is 0. The van der Waals surface area contributed by atoms with Gasteiger partial charge in [0, 0.05) is 0 Å². The van der Waals surface area contributed by atoms with Gasteiger partial charge in [-0.2, -0.15) is 12.2 Å². The average Bonchev–Trinajstić information content (AvgIpc) is 3.08. The second-order valence-corrected chi connectivity index (χ2v) is 6.48. The first-order chi connectivity index (χ1) is 9.58. The summed E-state index contributed by atoms with van der Waals surface area (Å²) in [6.45, 7) is 9.05. The second-order valence-electron chi connectivity index (χ2n) is 6.48. The van der Waals surface area contributed by atoms with Gasteiger partial charge in [0.2, 0.25) is 0 Å². The first-order valence-corrected chi connectivity index (χ1v) is 8.10. The van der Waals surface area contributed by atoms with Crippen LogP contribution in [0.2, 0.25) is 0 Å². The molecule has 2 aliphatic rings. The van der Waals surface area contributed by atoms with Crippen LogP contribution in [0.3, 0.4) is 0 Å². The molecule has 2 rings (SSSR count). The molecular formula is C20H30Cl2Zr. The van der Waals surface area contributed by atoms with Crippen molar-refractivity contribution in [2.75, 3.05) is 0 Å². The van der Waals surface area contributed by atoms with E-state index in [4.69, 9.17) is 0 Å². The number of rotatable bonds is 6. The number of hydrogen-bond donors (Lipinski definition) is 0. The maximum atomic E-state index is 3.32. The van der Waals surface area contributed by atoms with E-state index in [1.165, 1.54) is 36.8 Å². The van der Waals surface area contributed by atoms with Gasteiger partial charge in [-0.25, -0.2) is 23.3 Å². The van der Waals surface area contributed by atoms with E-state index in [2.05, 4.69) is 64.2 Å². The van der Waals surface area contributed by atoms with Crippen LogP contribution in [0.5, 0.6) is 0 Å². The van der Waals surface area contributed by atoms with Gasteiger partial charge in [0.15, 0.2) is 0 Å². The molecular weight excluding hydrogens is 402 g/mol. The summed E-state index contributed by atoms with van der Waals surface area (Å²) in [7, 11) is 0. The van der Waals surface area contributed by atoms with Crippen molar-refractivity contribution in [3.05, 3.63) is 47.6 Å². The smallest absolute Gasteiger partial charge is 1.00 e. The normalized spacial score (nSPS) is 14.3. The minimum Gasteiger partial charge on any atom is -1.00 e. The van der Waals surface area contributed by atoms with Crippen LogP contribution in [0.25, 0.3) is 0 Å². The molecule has 0 N–H and O–H groups in total. The van der Waals surface area contributed by atoms with Crippen molar-refractivity contribution in [2.45, 2.75) is 66.2 Å². The van der Waals surface area contributed by atoms with Crippen LogP contribution in [0, 0.1) is 24.0 Å². The van der Waals surface area contributed by atoms with Gasteiger partial charge in [0.25, 0.3) is 0 Å². The number of allylic oxidation sites excluding steroid dienone is 8. The van der Waals surface area contributed by atoms with Crippen molar-refractivity contribution in [2.24, 2.45) is 11.8 Å². The van der Waals surface area contributed by atoms with Gasteiger partial charge in [0.1, 0.15) is 0 Å². The predicted octanol–water partition coefficient (Wildman–Crippen LogP) is 0.230. The Morgan fingerprint density at radius 2 is 1.13 bits per heavy atom. The summed E-state index contributed by atoms with van der Waals surface area (Å²) in [4.78, 5) is 0.